The molecule has 112 valence electrons. The number of fused-ring (bicyclic) bond motifs is 1. The van der Waals surface area contributed by atoms with E-state index in [-0.39, 0.29) is 10.9 Å². The van der Waals surface area contributed by atoms with Gasteiger partial charge < -0.3 is 5.32 Å². The minimum atomic E-state index is -3.67. The molecule has 1 aliphatic carbocycles. The molecule has 3 rings (SSSR count). The van der Waals surface area contributed by atoms with Crippen LogP contribution in [0.3, 0.4) is 0 Å². The summed E-state index contributed by atoms with van der Waals surface area (Å²) in [6.07, 6.45) is 3.28. The maximum atomic E-state index is 11.4. The first-order chi connectivity index (χ1) is 9.93. The molecule has 1 aliphatic rings. The van der Waals surface area contributed by atoms with Gasteiger partial charge in [-0.3, -0.25) is 0 Å². The fourth-order valence-corrected chi connectivity index (χ4v) is 5.01. The quantitative estimate of drug-likeness (QED) is 0.845. The van der Waals surface area contributed by atoms with Crippen LogP contribution >= 0.6 is 27.3 Å². The summed E-state index contributed by atoms with van der Waals surface area (Å²) in [4.78, 5) is 1.53. The number of nitrogens with one attached hydrogen (secondary N) is 1. The van der Waals surface area contributed by atoms with Crippen LogP contribution < -0.4 is 10.5 Å². The fourth-order valence-electron chi connectivity index (χ4n) is 2.64. The van der Waals surface area contributed by atoms with E-state index < -0.39 is 10.0 Å². The first kappa shape index (κ1) is 15.0. The minimum absolute atomic E-state index is 0.134. The third-order valence-corrected chi connectivity index (χ3v) is 6.21. The first-order valence-corrected chi connectivity index (χ1v) is 9.76. The Morgan fingerprint density at radius 2 is 2.14 bits per heavy atom. The molecule has 1 unspecified atom stereocenters. The molecular formula is C14H15BrN2O2S2. The Bertz CT molecular complexity index is 771. The minimum Gasteiger partial charge on any atom is -0.378 e. The zero-order valence-corrected chi connectivity index (χ0v) is 14.4. The molecule has 0 saturated heterocycles. The van der Waals surface area contributed by atoms with Gasteiger partial charge in [0.2, 0.25) is 10.0 Å². The Labute approximate surface area is 136 Å². The molecule has 1 atom stereocenters. The number of rotatable bonds is 3. The Kier molecular flexibility index (Phi) is 4.09. The number of hydrogen-bond donors (Lipinski definition) is 2. The molecule has 1 aromatic carbocycles. The molecule has 0 saturated carbocycles. The van der Waals surface area contributed by atoms with Crippen molar-refractivity contribution in [2.75, 3.05) is 5.32 Å². The van der Waals surface area contributed by atoms with Gasteiger partial charge >= 0.3 is 0 Å². The van der Waals surface area contributed by atoms with Crippen LogP contribution in [0.15, 0.2) is 39.0 Å². The van der Waals surface area contributed by atoms with Crippen LogP contribution in [0.1, 0.15) is 29.3 Å². The van der Waals surface area contributed by atoms with Crippen molar-refractivity contribution in [3.8, 4) is 0 Å². The van der Waals surface area contributed by atoms with Crippen LogP contribution in [-0.4, -0.2) is 8.42 Å². The zero-order valence-electron chi connectivity index (χ0n) is 11.2. The molecule has 21 heavy (non-hydrogen) atoms. The third kappa shape index (κ3) is 3.31. The molecule has 0 aliphatic heterocycles. The number of nitrogens with two attached hydrogens (primary N) is 1. The summed E-state index contributed by atoms with van der Waals surface area (Å²) in [6.45, 7) is 0. The van der Waals surface area contributed by atoms with Gasteiger partial charge in [-0.15, -0.1) is 11.3 Å². The lowest BCUT2D eigenvalue weighted by atomic mass is 9.94. The van der Waals surface area contributed by atoms with Gasteiger partial charge in [0.25, 0.3) is 0 Å². The fraction of sp³-hybridized carbons (Fsp3) is 0.286. The van der Waals surface area contributed by atoms with Gasteiger partial charge in [-0.1, -0.05) is 6.07 Å². The maximum Gasteiger partial charge on any atom is 0.238 e. The van der Waals surface area contributed by atoms with Gasteiger partial charge in [0, 0.05) is 10.6 Å². The molecule has 0 spiro atoms. The highest BCUT2D eigenvalue weighted by Crippen LogP contribution is 2.39. The Hall–Kier alpha value is -0.890. The van der Waals surface area contributed by atoms with Crippen molar-refractivity contribution in [2.24, 2.45) is 5.14 Å². The number of primary sulfonamides is 1. The van der Waals surface area contributed by atoms with Crippen molar-refractivity contribution < 1.29 is 8.42 Å². The second-order valence-corrected chi connectivity index (χ2v) is 9.17. The summed E-state index contributed by atoms with van der Waals surface area (Å²) in [5, 5.41) is 8.61. The van der Waals surface area contributed by atoms with Crippen LogP contribution in [0.2, 0.25) is 0 Å². The number of benzene rings is 1. The highest BCUT2D eigenvalue weighted by molar-refractivity contribution is 9.11. The number of aryl methyl sites for hydroxylation is 1. The predicted octanol–water partition coefficient (Wildman–Crippen LogP) is 3.65. The predicted molar refractivity (Wildman–Crippen MR) is 89.1 cm³/mol. The van der Waals surface area contributed by atoms with E-state index in [9.17, 15) is 8.42 Å². The van der Waals surface area contributed by atoms with Crippen LogP contribution in [0.4, 0.5) is 5.69 Å². The van der Waals surface area contributed by atoms with Gasteiger partial charge in [0.1, 0.15) is 0 Å². The Morgan fingerprint density at radius 3 is 2.90 bits per heavy atom. The average molecular weight is 387 g/mol. The number of thiophene rings is 1. The number of hydrogen-bond acceptors (Lipinski definition) is 4. The molecule has 7 heteroatoms. The molecular weight excluding hydrogens is 372 g/mol. The molecule has 3 N–H and O–H groups in total. The summed E-state index contributed by atoms with van der Waals surface area (Å²) in [5.41, 5.74) is 2.08. The van der Waals surface area contributed by atoms with Gasteiger partial charge in [-0.2, -0.15) is 0 Å². The smallest absolute Gasteiger partial charge is 0.238 e. The molecule has 2 aromatic rings. The Morgan fingerprint density at radius 1 is 1.33 bits per heavy atom. The normalized spacial score (nSPS) is 18.3. The van der Waals surface area contributed by atoms with Crippen LogP contribution in [-0.2, 0) is 16.4 Å². The van der Waals surface area contributed by atoms with E-state index in [4.69, 9.17) is 5.14 Å². The summed E-state index contributed by atoms with van der Waals surface area (Å²) in [5.74, 6) is 0. The number of anilines is 1. The molecule has 0 fully saturated rings. The van der Waals surface area contributed by atoms with Gasteiger partial charge in [-0.25, -0.2) is 13.6 Å². The largest absolute Gasteiger partial charge is 0.378 e. The van der Waals surface area contributed by atoms with Crippen LogP contribution in [0.5, 0.6) is 0 Å². The Balaban J connectivity index is 1.88. The molecule has 4 nitrogen and oxygen atoms in total. The summed E-state index contributed by atoms with van der Waals surface area (Å²) < 4.78 is 24.0. The van der Waals surface area contributed by atoms with E-state index in [1.54, 1.807) is 23.5 Å². The second kappa shape index (κ2) is 5.72. The van der Waals surface area contributed by atoms with Crippen molar-refractivity contribution >= 4 is 43.0 Å². The third-order valence-electron chi connectivity index (χ3n) is 3.59. The standard InChI is InChI=1S/C14H15BrN2O2S2/c15-14-8-11-12(5-2-6-13(11)20-14)17-9-3-1-4-10(7-9)21(16,18)19/h1,3-4,7-8,12,17H,2,5-6H2,(H2,16,18,19). The summed E-state index contributed by atoms with van der Waals surface area (Å²) in [7, 11) is -3.67. The van der Waals surface area contributed by atoms with E-state index in [0.717, 1.165) is 28.7 Å². The van der Waals surface area contributed by atoms with Crippen LogP contribution in [0, 0.1) is 0 Å². The lowest BCUT2D eigenvalue weighted by molar-refractivity contribution is 0.597. The van der Waals surface area contributed by atoms with E-state index >= 15 is 0 Å². The van der Waals surface area contributed by atoms with E-state index in [0.29, 0.717) is 0 Å². The van der Waals surface area contributed by atoms with Crippen molar-refractivity contribution in [2.45, 2.75) is 30.2 Å². The summed E-state index contributed by atoms with van der Waals surface area (Å²) in [6, 6.07) is 9.03. The first-order valence-electron chi connectivity index (χ1n) is 6.61. The van der Waals surface area contributed by atoms with Gasteiger partial charge in [-0.05, 0) is 65.0 Å². The second-order valence-electron chi connectivity index (χ2n) is 5.09. The monoisotopic (exact) mass is 386 g/mol. The van der Waals surface area contributed by atoms with Crippen LogP contribution in [0.25, 0.3) is 0 Å². The maximum absolute atomic E-state index is 11.4. The van der Waals surface area contributed by atoms with E-state index in [1.807, 2.05) is 6.07 Å². The van der Waals surface area contributed by atoms with Crippen molar-refractivity contribution in [1.82, 2.24) is 0 Å². The number of sulfonamides is 1. The van der Waals surface area contributed by atoms with Crippen molar-refractivity contribution in [1.29, 1.82) is 0 Å². The van der Waals surface area contributed by atoms with Gasteiger partial charge in [0.15, 0.2) is 0 Å². The highest BCUT2D eigenvalue weighted by Gasteiger charge is 2.22. The molecule has 0 bridgehead atoms. The topological polar surface area (TPSA) is 72.2 Å². The van der Waals surface area contributed by atoms with E-state index in [1.165, 1.54) is 16.5 Å². The molecule has 0 radical (unpaired) electrons. The highest BCUT2D eigenvalue weighted by atomic mass is 79.9. The van der Waals surface area contributed by atoms with E-state index in [2.05, 4.69) is 27.3 Å². The molecule has 0 amide bonds. The average Bonchev–Trinajstić information content (AvgIpc) is 2.80. The number of halogens is 1. The lowest BCUT2D eigenvalue weighted by Gasteiger charge is -2.24. The zero-order chi connectivity index (χ0) is 15.0. The molecule has 1 heterocycles. The van der Waals surface area contributed by atoms with Crippen molar-refractivity contribution in [3.63, 3.8) is 0 Å². The van der Waals surface area contributed by atoms with Gasteiger partial charge in [0.05, 0.1) is 14.7 Å². The lowest BCUT2D eigenvalue weighted by Crippen LogP contribution is -2.16. The summed E-state index contributed by atoms with van der Waals surface area (Å²) >= 11 is 5.31. The molecule has 1 aromatic heterocycles. The van der Waals surface area contributed by atoms with Crippen molar-refractivity contribution in [3.05, 3.63) is 44.6 Å². The SMILES string of the molecule is NS(=O)(=O)c1cccc(NC2CCCc3sc(Br)cc32)c1.